The third-order valence-electron chi connectivity index (χ3n) is 1.44. The van der Waals surface area contributed by atoms with Gasteiger partial charge in [0.25, 0.3) is 0 Å². The van der Waals surface area contributed by atoms with Gasteiger partial charge in [-0.1, -0.05) is 20.4 Å². The van der Waals surface area contributed by atoms with E-state index in [2.05, 4.69) is 6.58 Å². The summed E-state index contributed by atoms with van der Waals surface area (Å²) in [6.07, 6.45) is -3.46. The van der Waals surface area contributed by atoms with Crippen molar-refractivity contribution in [1.82, 2.24) is 4.90 Å². The summed E-state index contributed by atoms with van der Waals surface area (Å²) < 4.78 is 36.1. The van der Waals surface area contributed by atoms with Gasteiger partial charge in [-0.3, -0.25) is 4.79 Å². The van der Waals surface area contributed by atoms with Crippen LogP contribution in [0.15, 0.2) is 12.7 Å². The topological polar surface area (TPSA) is 20.3 Å². The van der Waals surface area contributed by atoms with Gasteiger partial charge in [0.1, 0.15) is 6.54 Å². The molecule has 0 bridgehead atoms. The largest absolute Gasteiger partial charge is 0.406 e. The summed E-state index contributed by atoms with van der Waals surface area (Å²) >= 11 is 0. The Balaban J connectivity index is 4.40. The molecule has 0 aliphatic rings. The van der Waals surface area contributed by atoms with E-state index in [-0.39, 0.29) is 12.5 Å². The number of carbonyl (C=O) groups excluding carboxylic acids is 1. The van der Waals surface area contributed by atoms with Gasteiger partial charge >= 0.3 is 6.18 Å². The SMILES string of the molecule is C=CC(=O)N(CC(C)C)CC(F)(F)F. The summed E-state index contributed by atoms with van der Waals surface area (Å²) in [5.74, 6) is -0.683. The second-order valence-corrected chi connectivity index (χ2v) is 3.43. The van der Waals surface area contributed by atoms with E-state index in [0.717, 1.165) is 11.0 Å². The minimum Gasteiger partial charge on any atom is -0.330 e. The van der Waals surface area contributed by atoms with Crippen LogP contribution in [0.4, 0.5) is 13.2 Å². The molecule has 0 radical (unpaired) electrons. The molecule has 2 nitrogen and oxygen atoms in total. The standard InChI is InChI=1S/C9H14F3NO/c1-4-8(14)13(5-7(2)3)6-9(10,11)12/h4,7H,1,5-6H2,2-3H3. The molecule has 82 valence electrons. The second kappa shape index (κ2) is 5.02. The zero-order valence-corrected chi connectivity index (χ0v) is 8.27. The van der Waals surface area contributed by atoms with Gasteiger partial charge in [0, 0.05) is 6.54 Å². The highest BCUT2D eigenvalue weighted by atomic mass is 19.4. The highest BCUT2D eigenvalue weighted by Crippen LogP contribution is 2.17. The molecule has 0 aromatic heterocycles. The molecule has 0 unspecified atom stereocenters. The third kappa shape index (κ3) is 5.61. The number of nitrogens with zero attached hydrogens (tertiary/aromatic N) is 1. The van der Waals surface area contributed by atoms with Crippen LogP contribution >= 0.6 is 0 Å². The van der Waals surface area contributed by atoms with Crippen molar-refractivity contribution in [2.45, 2.75) is 20.0 Å². The number of hydrogen-bond donors (Lipinski definition) is 0. The third-order valence-corrected chi connectivity index (χ3v) is 1.44. The van der Waals surface area contributed by atoms with E-state index in [1.165, 1.54) is 0 Å². The van der Waals surface area contributed by atoms with Crippen LogP contribution in [0.2, 0.25) is 0 Å². The van der Waals surface area contributed by atoms with Crippen LogP contribution < -0.4 is 0 Å². The highest BCUT2D eigenvalue weighted by Gasteiger charge is 2.32. The normalized spacial score (nSPS) is 11.6. The first-order chi connectivity index (χ1) is 6.26. The minimum absolute atomic E-state index is 0.00116. The van der Waals surface area contributed by atoms with Gasteiger partial charge in [-0.2, -0.15) is 13.2 Å². The molecule has 0 saturated heterocycles. The molecule has 0 spiro atoms. The average molecular weight is 209 g/mol. The van der Waals surface area contributed by atoms with E-state index in [0.29, 0.717) is 0 Å². The molecule has 0 atom stereocenters. The molecule has 0 aliphatic heterocycles. The molecule has 0 heterocycles. The number of halogens is 3. The fourth-order valence-electron chi connectivity index (χ4n) is 1.02. The number of alkyl halides is 3. The van der Waals surface area contributed by atoms with Crippen LogP contribution in [-0.2, 0) is 4.79 Å². The monoisotopic (exact) mass is 209 g/mol. The lowest BCUT2D eigenvalue weighted by atomic mass is 10.2. The maximum absolute atomic E-state index is 12.0. The summed E-state index contributed by atoms with van der Waals surface area (Å²) in [6.45, 7) is 5.54. The first-order valence-corrected chi connectivity index (χ1v) is 4.24. The number of rotatable bonds is 4. The summed E-state index contributed by atoms with van der Waals surface area (Å²) in [7, 11) is 0. The molecule has 0 rings (SSSR count). The minimum atomic E-state index is -4.35. The van der Waals surface area contributed by atoms with E-state index in [4.69, 9.17) is 0 Å². The smallest absolute Gasteiger partial charge is 0.330 e. The summed E-state index contributed by atoms with van der Waals surface area (Å²) in [6, 6.07) is 0. The lowest BCUT2D eigenvalue weighted by Gasteiger charge is -2.24. The lowest BCUT2D eigenvalue weighted by molar-refractivity contribution is -0.159. The molecule has 0 N–H and O–H groups in total. The van der Waals surface area contributed by atoms with Crippen molar-refractivity contribution < 1.29 is 18.0 Å². The Morgan fingerprint density at radius 1 is 1.50 bits per heavy atom. The molecular formula is C9H14F3NO. The van der Waals surface area contributed by atoms with E-state index >= 15 is 0 Å². The maximum atomic E-state index is 12.0. The predicted octanol–water partition coefficient (Wildman–Crippen LogP) is 2.22. The molecule has 0 fully saturated rings. The van der Waals surface area contributed by atoms with Crippen LogP contribution in [0, 0.1) is 5.92 Å². The van der Waals surface area contributed by atoms with Gasteiger partial charge < -0.3 is 4.90 Å². The van der Waals surface area contributed by atoms with Crippen molar-refractivity contribution in [3.8, 4) is 0 Å². The second-order valence-electron chi connectivity index (χ2n) is 3.43. The van der Waals surface area contributed by atoms with Gasteiger partial charge in [-0.05, 0) is 12.0 Å². The van der Waals surface area contributed by atoms with E-state index < -0.39 is 18.6 Å². The van der Waals surface area contributed by atoms with E-state index in [9.17, 15) is 18.0 Å². The molecule has 0 saturated carbocycles. The Kier molecular flexibility index (Phi) is 4.67. The summed E-state index contributed by atoms with van der Waals surface area (Å²) in [5, 5.41) is 0. The quantitative estimate of drug-likeness (QED) is 0.650. The molecule has 0 aromatic carbocycles. The number of amides is 1. The molecular weight excluding hydrogens is 195 g/mol. The van der Waals surface area contributed by atoms with Gasteiger partial charge in [0.2, 0.25) is 5.91 Å². The average Bonchev–Trinajstić information content (AvgIpc) is 1.98. The zero-order valence-electron chi connectivity index (χ0n) is 8.27. The lowest BCUT2D eigenvalue weighted by Crippen LogP contribution is -2.40. The Morgan fingerprint density at radius 2 is 2.00 bits per heavy atom. The van der Waals surface area contributed by atoms with Crippen molar-refractivity contribution in [3.63, 3.8) is 0 Å². The van der Waals surface area contributed by atoms with Crippen LogP contribution in [0.3, 0.4) is 0 Å². The Hall–Kier alpha value is -1.00. The van der Waals surface area contributed by atoms with Gasteiger partial charge in [-0.15, -0.1) is 0 Å². The van der Waals surface area contributed by atoms with Crippen LogP contribution in [0.5, 0.6) is 0 Å². The van der Waals surface area contributed by atoms with Gasteiger partial charge in [0.05, 0.1) is 0 Å². The summed E-state index contributed by atoms with van der Waals surface area (Å²) in [5.41, 5.74) is 0. The molecule has 1 amide bonds. The van der Waals surface area contributed by atoms with Crippen LogP contribution in [0.1, 0.15) is 13.8 Å². The van der Waals surface area contributed by atoms with Gasteiger partial charge in [-0.25, -0.2) is 0 Å². The number of carbonyl (C=O) groups is 1. The highest BCUT2D eigenvalue weighted by molar-refractivity contribution is 5.87. The van der Waals surface area contributed by atoms with Crippen molar-refractivity contribution in [2.75, 3.05) is 13.1 Å². The first kappa shape index (κ1) is 13.0. The molecule has 5 heteroatoms. The Bertz CT molecular complexity index is 211. The first-order valence-electron chi connectivity index (χ1n) is 4.24. The van der Waals surface area contributed by atoms with Crippen molar-refractivity contribution >= 4 is 5.91 Å². The maximum Gasteiger partial charge on any atom is 0.406 e. The fraction of sp³-hybridized carbons (Fsp3) is 0.667. The number of hydrogen-bond acceptors (Lipinski definition) is 1. The Labute approximate surface area is 81.4 Å². The van der Waals surface area contributed by atoms with Crippen LogP contribution in [0.25, 0.3) is 0 Å². The summed E-state index contributed by atoms with van der Waals surface area (Å²) in [4.78, 5) is 11.8. The van der Waals surface area contributed by atoms with Crippen molar-refractivity contribution in [1.29, 1.82) is 0 Å². The van der Waals surface area contributed by atoms with Crippen molar-refractivity contribution in [3.05, 3.63) is 12.7 Å². The van der Waals surface area contributed by atoms with E-state index in [1.807, 2.05) is 0 Å². The fourth-order valence-corrected chi connectivity index (χ4v) is 1.02. The van der Waals surface area contributed by atoms with E-state index in [1.54, 1.807) is 13.8 Å². The molecule has 0 aromatic rings. The molecule has 0 aliphatic carbocycles. The van der Waals surface area contributed by atoms with Crippen LogP contribution in [-0.4, -0.2) is 30.1 Å². The van der Waals surface area contributed by atoms with Crippen molar-refractivity contribution in [2.24, 2.45) is 5.92 Å². The van der Waals surface area contributed by atoms with Gasteiger partial charge in [0.15, 0.2) is 0 Å². The molecule has 14 heavy (non-hydrogen) atoms. The Morgan fingerprint density at radius 3 is 2.29 bits per heavy atom. The zero-order chi connectivity index (χ0) is 11.4. The predicted molar refractivity (Wildman–Crippen MR) is 47.7 cm³/mol.